The van der Waals surface area contributed by atoms with Crippen LogP contribution in [0.4, 0.5) is 15.8 Å². The highest BCUT2D eigenvalue weighted by atomic mass is 127. The molecule has 3 aromatic rings. The minimum Gasteiger partial charge on any atom is -0.354 e. The highest BCUT2D eigenvalue weighted by Gasteiger charge is 2.17. The van der Waals surface area contributed by atoms with Gasteiger partial charge in [-0.05, 0) is 65.1 Å². The van der Waals surface area contributed by atoms with Gasteiger partial charge in [-0.1, -0.05) is 11.6 Å². The van der Waals surface area contributed by atoms with Crippen molar-refractivity contribution in [1.82, 2.24) is 10.0 Å². The molecule has 1 amide bonds. The molecular weight excluding hydrogens is 460 g/mol. The van der Waals surface area contributed by atoms with Crippen molar-refractivity contribution in [3.05, 3.63) is 74.8 Å². The van der Waals surface area contributed by atoms with Crippen LogP contribution in [0.15, 0.2) is 54.9 Å². The number of carbonyl (C=O) groups is 1. The van der Waals surface area contributed by atoms with Crippen molar-refractivity contribution in [2.24, 2.45) is 0 Å². The summed E-state index contributed by atoms with van der Waals surface area (Å²) in [5.41, 5.74) is 2.59. The van der Waals surface area contributed by atoms with Crippen molar-refractivity contribution in [2.45, 2.75) is 0 Å². The van der Waals surface area contributed by atoms with Gasteiger partial charge >= 0.3 is 0 Å². The van der Waals surface area contributed by atoms with Crippen molar-refractivity contribution in [3.63, 3.8) is 0 Å². The molecule has 0 atom stereocenters. The average Bonchev–Trinajstić information content (AvgIpc) is 3.12. The Balaban J connectivity index is 2.11. The molecule has 3 rings (SSSR count). The number of aromatic nitrogens is 1. The van der Waals surface area contributed by atoms with Crippen LogP contribution in [0, 0.1) is 9.39 Å². The maximum Gasteiger partial charge on any atom is 0.276 e. The summed E-state index contributed by atoms with van der Waals surface area (Å²) in [4.78, 5) is 11.9. The van der Waals surface area contributed by atoms with Crippen molar-refractivity contribution < 1.29 is 14.4 Å². The fourth-order valence-electron chi connectivity index (χ4n) is 2.34. The normalized spacial score (nSPS) is 10.6. The minimum absolute atomic E-state index is 0.0504. The molecule has 2 aromatic carbocycles. The predicted molar refractivity (Wildman–Crippen MR) is 102 cm³/mol. The van der Waals surface area contributed by atoms with Crippen LogP contribution in [0.3, 0.4) is 0 Å². The van der Waals surface area contributed by atoms with E-state index in [-0.39, 0.29) is 11.3 Å². The first-order chi connectivity index (χ1) is 12.0. The van der Waals surface area contributed by atoms with Crippen LogP contribution >= 0.6 is 34.2 Å². The number of rotatable bonds is 4. The van der Waals surface area contributed by atoms with Gasteiger partial charge in [0, 0.05) is 16.0 Å². The number of amides is 1. The van der Waals surface area contributed by atoms with Crippen LogP contribution in [-0.2, 0) is 0 Å². The molecule has 3 N–H and O–H groups in total. The molecule has 0 radical (unpaired) electrons. The summed E-state index contributed by atoms with van der Waals surface area (Å²) >= 11 is 8.35. The molecule has 0 aliphatic rings. The van der Waals surface area contributed by atoms with Gasteiger partial charge in [-0.25, -0.2) is 9.87 Å². The second kappa shape index (κ2) is 7.42. The van der Waals surface area contributed by atoms with Gasteiger partial charge in [0.1, 0.15) is 5.82 Å². The molecule has 8 heteroatoms. The van der Waals surface area contributed by atoms with E-state index in [9.17, 15) is 9.18 Å². The maximum absolute atomic E-state index is 14.4. The Kier molecular flexibility index (Phi) is 5.26. The Morgan fingerprint density at radius 1 is 1.16 bits per heavy atom. The summed E-state index contributed by atoms with van der Waals surface area (Å²) in [7, 11) is 0. The molecule has 0 unspecified atom stereocenters. The smallest absolute Gasteiger partial charge is 0.276 e. The number of halogens is 3. The minimum atomic E-state index is -0.831. The third-order valence-corrected chi connectivity index (χ3v) is 4.50. The van der Waals surface area contributed by atoms with Crippen LogP contribution in [0.5, 0.6) is 0 Å². The quantitative estimate of drug-likeness (QED) is 0.293. The topological polar surface area (TPSA) is 66.3 Å². The van der Waals surface area contributed by atoms with E-state index in [1.165, 1.54) is 11.5 Å². The highest BCUT2D eigenvalue weighted by molar-refractivity contribution is 14.1. The van der Waals surface area contributed by atoms with E-state index in [1.54, 1.807) is 41.2 Å². The van der Waals surface area contributed by atoms with Crippen molar-refractivity contribution in [3.8, 4) is 5.69 Å². The zero-order valence-corrected chi connectivity index (χ0v) is 15.5. The van der Waals surface area contributed by atoms with E-state index in [2.05, 4.69) is 27.9 Å². The molecule has 1 heterocycles. The predicted octanol–water partition coefficient (Wildman–Crippen LogP) is 4.74. The third-order valence-electron chi connectivity index (χ3n) is 3.52. The molecule has 0 spiro atoms. The first-order valence-corrected chi connectivity index (χ1v) is 8.58. The van der Waals surface area contributed by atoms with E-state index < -0.39 is 11.7 Å². The molecule has 1 aromatic heterocycles. The van der Waals surface area contributed by atoms with E-state index in [4.69, 9.17) is 16.8 Å². The molecule has 0 bridgehead atoms. The van der Waals surface area contributed by atoms with Gasteiger partial charge in [-0.15, -0.1) is 0 Å². The lowest BCUT2D eigenvalue weighted by atomic mass is 10.1. The fourth-order valence-corrected chi connectivity index (χ4v) is 3.25. The third kappa shape index (κ3) is 3.78. The molecule has 25 heavy (non-hydrogen) atoms. The first kappa shape index (κ1) is 17.7. The van der Waals surface area contributed by atoms with Gasteiger partial charge in [0.05, 0.1) is 27.6 Å². The SMILES string of the molecule is O=C(NO)c1cc(F)c(-n2cccc2)cc1Nc1ccc(I)cc1Cl. The zero-order chi connectivity index (χ0) is 18.0. The summed E-state index contributed by atoms with van der Waals surface area (Å²) in [6.45, 7) is 0. The Bertz CT molecular complexity index is 932. The summed E-state index contributed by atoms with van der Waals surface area (Å²) in [5.74, 6) is -1.43. The number of hydrogen-bond donors (Lipinski definition) is 3. The van der Waals surface area contributed by atoms with Gasteiger partial charge in [0.25, 0.3) is 5.91 Å². The molecule has 0 saturated heterocycles. The molecule has 0 aliphatic carbocycles. The number of nitrogens with one attached hydrogen (secondary N) is 2. The van der Waals surface area contributed by atoms with Crippen molar-refractivity contribution in [1.29, 1.82) is 0 Å². The molecular formula is C17H12ClFIN3O2. The van der Waals surface area contributed by atoms with Gasteiger partial charge < -0.3 is 9.88 Å². The lowest BCUT2D eigenvalue weighted by molar-refractivity contribution is 0.0707. The van der Waals surface area contributed by atoms with Crippen LogP contribution in [0.1, 0.15) is 10.4 Å². The summed E-state index contributed by atoms with van der Waals surface area (Å²) in [6.07, 6.45) is 3.37. The van der Waals surface area contributed by atoms with Crippen LogP contribution in [0.25, 0.3) is 5.69 Å². The van der Waals surface area contributed by atoms with E-state index >= 15 is 0 Å². The molecule has 5 nitrogen and oxygen atoms in total. The number of hydroxylamine groups is 1. The summed E-state index contributed by atoms with van der Waals surface area (Å²) < 4.78 is 17.0. The Morgan fingerprint density at radius 2 is 1.88 bits per heavy atom. The number of carbonyl (C=O) groups excluding carboxylic acids is 1. The monoisotopic (exact) mass is 471 g/mol. The second-order valence-electron chi connectivity index (χ2n) is 5.13. The summed E-state index contributed by atoms with van der Waals surface area (Å²) in [6, 6.07) is 11.4. The van der Waals surface area contributed by atoms with Gasteiger partial charge in [0.15, 0.2) is 0 Å². The fraction of sp³-hybridized carbons (Fsp3) is 0. The molecule has 0 saturated carbocycles. The first-order valence-electron chi connectivity index (χ1n) is 7.13. The Hall–Kier alpha value is -2.10. The van der Waals surface area contributed by atoms with Gasteiger partial charge in [-0.3, -0.25) is 10.0 Å². The van der Waals surface area contributed by atoms with Crippen LogP contribution in [-0.4, -0.2) is 15.7 Å². The second-order valence-corrected chi connectivity index (χ2v) is 6.78. The van der Waals surface area contributed by atoms with Crippen molar-refractivity contribution in [2.75, 3.05) is 5.32 Å². The Morgan fingerprint density at radius 3 is 2.52 bits per heavy atom. The van der Waals surface area contributed by atoms with Gasteiger partial charge in [0.2, 0.25) is 0 Å². The van der Waals surface area contributed by atoms with Gasteiger partial charge in [-0.2, -0.15) is 0 Å². The average molecular weight is 472 g/mol. The molecule has 128 valence electrons. The number of nitrogens with zero attached hydrogens (tertiary/aromatic N) is 1. The largest absolute Gasteiger partial charge is 0.354 e. The van der Waals surface area contributed by atoms with Crippen LogP contribution in [0.2, 0.25) is 5.02 Å². The van der Waals surface area contributed by atoms with E-state index in [0.29, 0.717) is 16.4 Å². The number of benzene rings is 2. The van der Waals surface area contributed by atoms with Crippen molar-refractivity contribution >= 4 is 51.5 Å². The summed E-state index contributed by atoms with van der Waals surface area (Å²) in [5, 5.41) is 12.4. The van der Waals surface area contributed by atoms with Crippen LogP contribution < -0.4 is 10.8 Å². The maximum atomic E-state index is 14.4. The standard InChI is InChI=1S/C17H12ClFIN3O2/c18-12-7-10(20)3-4-14(12)21-15-9-16(23-5-1-2-6-23)13(19)8-11(15)17(24)22-25/h1-9,21,25H,(H,22,24). The van der Waals surface area contributed by atoms with E-state index in [0.717, 1.165) is 9.64 Å². The lowest BCUT2D eigenvalue weighted by Crippen LogP contribution is -2.20. The molecule has 0 aliphatic heterocycles. The highest BCUT2D eigenvalue weighted by Crippen LogP contribution is 2.31. The molecule has 0 fully saturated rings. The lowest BCUT2D eigenvalue weighted by Gasteiger charge is -2.15. The number of hydrogen-bond acceptors (Lipinski definition) is 3. The van der Waals surface area contributed by atoms with E-state index in [1.807, 2.05) is 6.07 Å². The zero-order valence-electron chi connectivity index (χ0n) is 12.6. The number of anilines is 2. The Labute approximate surface area is 161 Å².